The van der Waals surface area contributed by atoms with Gasteiger partial charge in [-0.25, -0.2) is 13.6 Å². The van der Waals surface area contributed by atoms with Gasteiger partial charge in [0.15, 0.2) is 11.6 Å². The zero-order valence-corrected chi connectivity index (χ0v) is 11.0. The summed E-state index contributed by atoms with van der Waals surface area (Å²) in [6.45, 7) is 3.44. The van der Waals surface area contributed by atoms with Crippen LogP contribution in [-0.2, 0) is 0 Å². The SMILES string of the molecule is CCCC(C)(CO)NC(=O)Nc1ccc(F)c(F)c1. The van der Waals surface area contributed by atoms with Gasteiger partial charge in [0, 0.05) is 11.8 Å². The number of aliphatic hydroxyl groups is 1. The molecule has 0 aliphatic carbocycles. The van der Waals surface area contributed by atoms with Crippen molar-refractivity contribution in [3.63, 3.8) is 0 Å². The first-order valence-corrected chi connectivity index (χ1v) is 6.05. The number of nitrogens with one attached hydrogen (secondary N) is 2. The molecule has 0 bridgehead atoms. The summed E-state index contributed by atoms with van der Waals surface area (Å²) < 4.78 is 25.7. The Balaban J connectivity index is 2.66. The van der Waals surface area contributed by atoms with Crippen molar-refractivity contribution in [3.05, 3.63) is 29.8 Å². The molecule has 0 aromatic heterocycles. The summed E-state index contributed by atoms with van der Waals surface area (Å²) in [4.78, 5) is 11.7. The lowest BCUT2D eigenvalue weighted by Crippen LogP contribution is -2.50. The standard InChI is InChI=1S/C13H18F2N2O2/c1-3-6-13(2,8-18)17-12(19)16-9-4-5-10(14)11(15)7-9/h4-5,7,18H,3,6,8H2,1-2H3,(H2,16,17,19). The largest absolute Gasteiger partial charge is 0.394 e. The number of carbonyl (C=O) groups is 1. The molecule has 1 unspecified atom stereocenters. The molecule has 1 atom stereocenters. The number of halogens is 2. The fraction of sp³-hybridized carbons (Fsp3) is 0.462. The molecule has 106 valence electrons. The number of urea groups is 1. The molecule has 1 aromatic carbocycles. The molecule has 0 spiro atoms. The van der Waals surface area contributed by atoms with E-state index in [1.165, 1.54) is 6.07 Å². The third-order valence-electron chi connectivity index (χ3n) is 2.74. The van der Waals surface area contributed by atoms with E-state index in [4.69, 9.17) is 0 Å². The molecule has 0 heterocycles. The highest BCUT2D eigenvalue weighted by molar-refractivity contribution is 5.89. The summed E-state index contributed by atoms with van der Waals surface area (Å²) in [6, 6.07) is 2.51. The summed E-state index contributed by atoms with van der Waals surface area (Å²) in [5, 5.41) is 14.3. The Hall–Kier alpha value is -1.69. The van der Waals surface area contributed by atoms with E-state index in [0.29, 0.717) is 6.42 Å². The monoisotopic (exact) mass is 272 g/mol. The zero-order valence-electron chi connectivity index (χ0n) is 11.0. The van der Waals surface area contributed by atoms with Gasteiger partial charge in [0.2, 0.25) is 0 Å². The zero-order chi connectivity index (χ0) is 14.5. The quantitative estimate of drug-likeness (QED) is 0.771. The number of carbonyl (C=O) groups excluding carboxylic acids is 1. The van der Waals surface area contributed by atoms with Crippen LogP contribution in [0.3, 0.4) is 0 Å². The molecular formula is C13H18F2N2O2. The highest BCUT2D eigenvalue weighted by Gasteiger charge is 2.24. The van der Waals surface area contributed by atoms with Crippen molar-refractivity contribution < 1.29 is 18.7 Å². The molecule has 19 heavy (non-hydrogen) atoms. The van der Waals surface area contributed by atoms with Gasteiger partial charge in [-0.05, 0) is 25.5 Å². The molecule has 0 radical (unpaired) electrons. The van der Waals surface area contributed by atoms with Gasteiger partial charge in [-0.1, -0.05) is 13.3 Å². The number of hydrogen-bond acceptors (Lipinski definition) is 2. The van der Waals surface area contributed by atoms with Crippen molar-refractivity contribution in [1.82, 2.24) is 5.32 Å². The van der Waals surface area contributed by atoms with Crippen LogP contribution in [0.4, 0.5) is 19.3 Å². The molecule has 1 aromatic rings. The van der Waals surface area contributed by atoms with Crippen molar-refractivity contribution in [2.75, 3.05) is 11.9 Å². The third-order valence-corrected chi connectivity index (χ3v) is 2.74. The van der Waals surface area contributed by atoms with Gasteiger partial charge >= 0.3 is 6.03 Å². The molecule has 0 saturated heterocycles. The Bertz CT molecular complexity index is 454. The van der Waals surface area contributed by atoms with E-state index in [1.54, 1.807) is 6.92 Å². The third kappa shape index (κ3) is 4.48. The van der Waals surface area contributed by atoms with E-state index in [9.17, 15) is 18.7 Å². The summed E-state index contributed by atoms with van der Waals surface area (Å²) in [6.07, 6.45) is 1.40. The normalized spacial score (nSPS) is 13.7. The van der Waals surface area contributed by atoms with Crippen molar-refractivity contribution in [1.29, 1.82) is 0 Å². The van der Waals surface area contributed by atoms with Crippen LogP contribution in [-0.4, -0.2) is 23.3 Å². The van der Waals surface area contributed by atoms with Gasteiger partial charge in [-0.15, -0.1) is 0 Å². The van der Waals surface area contributed by atoms with Gasteiger partial charge in [0.25, 0.3) is 0 Å². The Morgan fingerprint density at radius 3 is 2.58 bits per heavy atom. The van der Waals surface area contributed by atoms with Crippen LogP contribution in [0.1, 0.15) is 26.7 Å². The molecule has 0 fully saturated rings. The molecule has 0 aliphatic rings. The van der Waals surface area contributed by atoms with Gasteiger partial charge in [-0.3, -0.25) is 0 Å². The fourth-order valence-corrected chi connectivity index (χ4v) is 1.74. The molecule has 0 saturated carbocycles. The first kappa shape index (κ1) is 15.4. The molecular weight excluding hydrogens is 254 g/mol. The summed E-state index contributed by atoms with van der Waals surface area (Å²) >= 11 is 0. The van der Waals surface area contributed by atoms with E-state index in [1.807, 2.05) is 6.92 Å². The van der Waals surface area contributed by atoms with E-state index in [2.05, 4.69) is 10.6 Å². The number of benzene rings is 1. The van der Waals surface area contributed by atoms with E-state index in [0.717, 1.165) is 18.6 Å². The highest BCUT2D eigenvalue weighted by atomic mass is 19.2. The van der Waals surface area contributed by atoms with Gasteiger partial charge in [0.1, 0.15) is 0 Å². The maximum absolute atomic E-state index is 13.0. The fourth-order valence-electron chi connectivity index (χ4n) is 1.74. The predicted molar refractivity (Wildman–Crippen MR) is 68.9 cm³/mol. The molecule has 2 amide bonds. The first-order valence-electron chi connectivity index (χ1n) is 6.05. The average molecular weight is 272 g/mol. The Labute approximate surface area is 110 Å². The van der Waals surface area contributed by atoms with Crippen LogP contribution in [0.15, 0.2) is 18.2 Å². The van der Waals surface area contributed by atoms with Crippen LogP contribution in [0.25, 0.3) is 0 Å². The van der Waals surface area contributed by atoms with Crippen molar-refractivity contribution in [2.45, 2.75) is 32.2 Å². The summed E-state index contributed by atoms with van der Waals surface area (Å²) in [7, 11) is 0. The average Bonchev–Trinajstić information content (AvgIpc) is 2.34. The predicted octanol–water partition coefficient (Wildman–Crippen LogP) is 2.64. The first-order chi connectivity index (χ1) is 8.90. The lowest BCUT2D eigenvalue weighted by molar-refractivity contribution is 0.167. The topological polar surface area (TPSA) is 61.4 Å². The number of amides is 2. The van der Waals surface area contributed by atoms with Gasteiger partial charge < -0.3 is 15.7 Å². The molecule has 3 N–H and O–H groups in total. The number of aliphatic hydroxyl groups excluding tert-OH is 1. The van der Waals surface area contributed by atoms with Crippen LogP contribution in [0.5, 0.6) is 0 Å². The molecule has 4 nitrogen and oxygen atoms in total. The minimum atomic E-state index is -1.03. The van der Waals surface area contributed by atoms with Crippen LogP contribution in [0.2, 0.25) is 0 Å². The van der Waals surface area contributed by atoms with Crippen molar-refractivity contribution >= 4 is 11.7 Å². The summed E-state index contributed by atoms with van der Waals surface area (Å²) in [5.41, 5.74) is -0.592. The maximum atomic E-state index is 13.0. The number of anilines is 1. The minimum Gasteiger partial charge on any atom is -0.394 e. The summed E-state index contributed by atoms with van der Waals surface area (Å²) in [5.74, 6) is -2.01. The Morgan fingerprint density at radius 1 is 1.37 bits per heavy atom. The van der Waals surface area contributed by atoms with E-state index < -0.39 is 23.2 Å². The number of hydrogen-bond donors (Lipinski definition) is 3. The lowest BCUT2D eigenvalue weighted by Gasteiger charge is -2.28. The number of rotatable bonds is 5. The molecule has 0 aliphatic heterocycles. The van der Waals surface area contributed by atoms with Crippen molar-refractivity contribution in [2.24, 2.45) is 0 Å². The second-order valence-corrected chi connectivity index (χ2v) is 4.68. The van der Waals surface area contributed by atoms with Crippen LogP contribution < -0.4 is 10.6 Å². The second kappa shape index (κ2) is 6.47. The highest BCUT2D eigenvalue weighted by Crippen LogP contribution is 2.15. The molecule has 1 rings (SSSR count). The van der Waals surface area contributed by atoms with Crippen LogP contribution in [0, 0.1) is 11.6 Å². The van der Waals surface area contributed by atoms with Gasteiger partial charge in [0.05, 0.1) is 12.1 Å². The van der Waals surface area contributed by atoms with E-state index in [-0.39, 0.29) is 12.3 Å². The maximum Gasteiger partial charge on any atom is 0.319 e. The Kier molecular flexibility index (Phi) is 5.23. The second-order valence-electron chi connectivity index (χ2n) is 4.68. The minimum absolute atomic E-state index is 0.146. The smallest absolute Gasteiger partial charge is 0.319 e. The van der Waals surface area contributed by atoms with Gasteiger partial charge in [-0.2, -0.15) is 0 Å². The Morgan fingerprint density at radius 2 is 2.05 bits per heavy atom. The van der Waals surface area contributed by atoms with Crippen molar-refractivity contribution in [3.8, 4) is 0 Å². The van der Waals surface area contributed by atoms with Crippen LogP contribution >= 0.6 is 0 Å². The molecule has 6 heteroatoms. The van der Waals surface area contributed by atoms with E-state index >= 15 is 0 Å². The lowest BCUT2D eigenvalue weighted by atomic mass is 9.98.